The molecule has 1 N–H and O–H groups in total. The molecule has 0 saturated carbocycles. The second-order valence-corrected chi connectivity index (χ2v) is 11.1. The van der Waals surface area contributed by atoms with Gasteiger partial charge in [-0.1, -0.05) is 0 Å². The molecule has 198 valence electrons. The highest BCUT2D eigenvalue weighted by molar-refractivity contribution is 6.23. The SMILES string of the molecule is CC(C)(C)OC(=O)N1CCOC2(CCN(c3ccc4c(c3)C(=O)N(C3CCC(=O)NC3=O)C4=O)CC2)C1. The van der Waals surface area contributed by atoms with Gasteiger partial charge in [-0.3, -0.25) is 29.4 Å². The van der Waals surface area contributed by atoms with Crippen molar-refractivity contribution in [3.8, 4) is 0 Å². The molecule has 1 aromatic carbocycles. The van der Waals surface area contributed by atoms with Crippen molar-refractivity contribution in [1.82, 2.24) is 15.1 Å². The van der Waals surface area contributed by atoms with E-state index in [1.807, 2.05) is 26.8 Å². The van der Waals surface area contributed by atoms with Gasteiger partial charge >= 0.3 is 6.09 Å². The van der Waals surface area contributed by atoms with Crippen LogP contribution in [0.2, 0.25) is 0 Å². The van der Waals surface area contributed by atoms with Gasteiger partial charge in [0, 0.05) is 31.7 Å². The van der Waals surface area contributed by atoms with E-state index in [0.29, 0.717) is 45.6 Å². The van der Waals surface area contributed by atoms with Crippen LogP contribution in [-0.4, -0.2) is 89.6 Å². The lowest BCUT2D eigenvalue weighted by molar-refractivity contribution is -0.136. The van der Waals surface area contributed by atoms with E-state index in [4.69, 9.17) is 9.47 Å². The number of carbonyl (C=O) groups is 5. The number of nitrogens with zero attached hydrogens (tertiary/aromatic N) is 3. The zero-order chi connectivity index (χ0) is 26.5. The average molecular weight is 513 g/mol. The largest absolute Gasteiger partial charge is 0.444 e. The summed E-state index contributed by atoms with van der Waals surface area (Å²) in [6, 6.07) is 4.15. The monoisotopic (exact) mass is 512 g/mol. The van der Waals surface area contributed by atoms with Gasteiger partial charge in [-0.25, -0.2) is 4.79 Å². The zero-order valence-electron chi connectivity index (χ0n) is 21.4. The van der Waals surface area contributed by atoms with E-state index in [1.165, 1.54) is 0 Å². The number of morpholine rings is 1. The van der Waals surface area contributed by atoms with Crippen LogP contribution in [0.3, 0.4) is 0 Å². The van der Waals surface area contributed by atoms with E-state index >= 15 is 0 Å². The van der Waals surface area contributed by atoms with Crippen molar-refractivity contribution in [3.63, 3.8) is 0 Å². The van der Waals surface area contributed by atoms with Crippen molar-refractivity contribution in [1.29, 1.82) is 0 Å². The molecule has 0 bridgehead atoms. The summed E-state index contributed by atoms with van der Waals surface area (Å²) in [5.74, 6) is -2.07. The Bertz CT molecular complexity index is 1170. The Morgan fingerprint density at radius 1 is 1.05 bits per heavy atom. The Balaban J connectivity index is 1.26. The van der Waals surface area contributed by atoms with Crippen LogP contribution in [0, 0.1) is 0 Å². The molecule has 3 fully saturated rings. The summed E-state index contributed by atoms with van der Waals surface area (Å²) < 4.78 is 11.7. The third-order valence-corrected chi connectivity index (χ3v) is 7.36. The molecule has 3 saturated heterocycles. The number of piperidine rings is 2. The molecule has 1 aromatic rings. The number of ether oxygens (including phenoxy) is 2. The molecule has 11 nitrogen and oxygen atoms in total. The first-order valence-electron chi connectivity index (χ1n) is 12.7. The Hall–Kier alpha value is -3.47. The molecule has 11 heteroatoms. The number of rotatable bonds is 2. The Morgan fingerprint density at radius 2 is 1.76 bits per heavy atom. The van der Waals surface area contributed by atoms with Crippen LogP contribution in [-0.2, 0) is 19.1 Å². The lowest BCUT2D eigenvalue weighted by Crippen LogP contribution is -2.58. The van der Waals surface area contributed by atoms with Crippen LogP contribution in [0.5, 0.6) is 0 Å². The molecule has 4 heterocycles. The van der Waals surface area contributed by atoms with Crippen molar-refractivity contribution >= 4 is 35.4 Å². The van der Waals surface area contributed by atoms with Gasteiger partial charge in [-0.2, -0.15) is 0 Å². The van der Waals surface area contributed by atoms with Crippen molar-refractivity contribution in [3.05, 3.63) is 29.3 Å². The minimum atomic E-state index is -0.986. The third-order valence-electron chi connectivity index (χ3n) is 7.36. The maximum atomic E-state index is 13.2. The Kier molecular flexibility index (Phi) is 6.21. The second kappa shape index (κ2) is 9.13. The molecule has 1 atom stereocenters. The van der Waals surface area contributed by atoms with Crippen LogP contribution >= 0.6 is 0 Å². The van der Waals surface area contributed by atoms with E-state index in [2.05, 4.69) is 10.2 Å². The number of anilines is 1. The van der Waals surface area contributed by atoms with Crippen molar-refractivity contribution < 1.29 is 33.4 Å². The average Bonchev–Trinajstić information content (AvgIpc) is 3.08. The van der Waals surface area contributed by atoms with Gasteiger partial charge in [0.1, 0.15) is 11.6 Å². The highest BCUT2D eigenvalue weighted by Gasteiger charge is 2.46. The summed E-state index contributed by atoms with van der Waals surface area (Å²) in [4.78, 5) is 67.3. The lowest BCUT2D eigenvalue weighted by atomic mass is 9.89. The van der Waals surface area contributed by atoms with Gasteiger partial charge in [0.25, 0.3) is 11.8 Å². The fourth-order valence-electron chi connectivity index (χ4n) is 5.46. The number of hydrogen-bond acceptors (Lipinski definition) is 8. The summed E-state index contributed by atoms with van der Waals surface area (Å²) in [5, 5.41) is 2.21. The molecule has 0 aromatic heterocycles. The van der Waals surface area contributed by atoms with E-state index in [1.54, 1.807) is 17.0 Å². The molecule has 1 unspecified atom stereocenters. The first-order valence-corrected chi connectivity index (χ1v) is 12.7. The molecule has 5 rings (SSSR count). The normalized spacial score (nSPS) is 23.9. The second-order valence-electron chi connectivity index (χ2n) is 11.1. The maximum Gasteiger partial charge on any atom is 0.410 e. The Labute approximate surface area is 215 Å². The molecule has 37 heavy (non-hydrogen) atoms. The van der Waals surface area contributed by atoms with E-state index < -0.39 is 40.9 Å². The smallest absolute Gasteiger partial charge is 0.410 e. The van der Waals surface area contributed by atoms with Gasteiger partial charge in [-0.15, -0.1) is 0 Å². The summed E-state index contributed by atoms with van der Waals surface area (Å²) >= 11 is 0. The first-order chi connectivity index (χ1) is 17.5. The van der Waals surface area contributed by atoms with Crippen molar-refractivity contribution in [2.75, 3.05) is 37.7 Å². The highest BCUT2D eigenvalue weighted by Crippen LogP contribution is 2.35. The molecule has 4 aliphatic heterocycles. The van der Waals surface area contributed by atoms with Crippen LogP contribution in [0.1, 0.15) is 67.2 Å². The summed E-state index contributed by atoms with van der Waals surface area (Å²) in [6.45, 7) is 8.25. The zero-order valence-corrected chi connectivity index (χ0v) is 21.4. The Morgan fingerprint density at radius 3 is 2.43 bits per heavy atom. The van der Waals surface area contributed by atoms with Gasteiger partial charge in [0.2, 0.25) is 11.8 Å². The quantitative estimate of drug-likeness (QED) is 0.594. The van der Waals surface area contributed by atoms with Crippen molar-refractivity contribution in [2.24, 2.45) is 0 Å². The van der Waals surface area contributed by atoms with Gasteiger partial charge < -0.3 is 19.3 Å². The fraction of sp³-hybridized carbons (Fsp3) is 0.577. The van der Waals surface area contributed by atoms with Crippen molar-refractivity contribution in [2.45, 2.75) is 63.7 Å². The standard InChI is InChI=1S/C26H32N4O7/c1-25(2,3)37-24(35)29-12-13-36-26(15-29)8-10-28(11-9-26)16-4-5-17-18(14-16)23(34)30(22(17)33)19-6-7-20(31)27-21(19)32/h4-5,14,19H,6-13,15H2,1-3H3,(H,27,31,32). The van der Waals surface area contributed by atoms with Crippen LogP contribution < -0.4 is 10.2 Å². The summed E-state index contributed by atoms with van der Waals surface area (Å²) in [7, 11) is 0. The predicted molar refractivity (Wildman–Crippen MR) is 131 cm³/mol. The number of benzene rings is 1. The number of hydrogen-bond donors (Lipinski definition) is 1. The number of fused-ring (bicyclic) bond motifs is 1. The summed E-state index contributed by atoms with van der Waals surface area (Å²) in [5.41, 5.74) is 0.316. The third kappa shape index (κ3) is 4.79. The lowest BCUT2D eigenvalue weighted by Gasteiger charge is -2.47. The number of carbonyl (C=O) groups excluding carboxylic acids is 5. The van der Waals surface area contributed by atoms with E-state index in [-0.39, 0.29) is 30.1 Å². The van der Waals surface area contributed by atoms with Gasteiger partial charge in [0.05, 0.1) is 29.9 Å². The summed E-state index contributed by atoms with van der Waals surface area (Å²) in [6.07, 6.45) is 1.26. The van der Waals surface area contributed by atoms with Crippen LogP contribution in [0.15, 0.2) is 18.2 Å². The molecular formula is C26H32N4O7. The number of amides is 5. The molecule has 5 amide bonds. The first kappa shape index (κ1) is 25.2. The van der Waals surface area contributed by atoms with Crippen LogP contribution in [0.25, 0.3) is 0 Å². The maximum absolute atomic E-state index is 13.2. The minimum absolute atomic E-state index is 0.0814. The number of imide groups is 2. The van der Waals surface area contributed by atoms with Gasteiger partial charge in [0.15, 0.2) is 0 Å². The van der Waals surface area contributed by atoms with Crippen LogP contribution in [0.4, 0.5) is 10.5 Å². The molecule has 4 aliphatic rings. The molecular weight excluding hydrogens is 480 g/mol. The highest BCUT2D eigenvalue weighted by atomic mass is 16.6. The molecule has 0 radical (unpaired) electrons. The minimum Gasteiger partial charge on any atom is -0.444 e. The van der Waals surface area contributed by atoms with E-state index in [9.17, 15) is 24.0 Å². The van der Waals surface area contributed by atoms with E-state index in [0.717, 1.165) is 10.6 Å². The molecule has 1 spiro atoms. The van der Waals surface area contributed by atoms with Gasteiger partial charge in [-0.05, 0) is 58.2 Å². The topological polar surface area (TPSA) is 126 Å². The number of nitrogens with one attached hydrogen (secondary N) is 1. The fourth-order valence-corrected chi connectivity index (χ4v) is 5.46. The predicted octanol–water partition coefficient (Wildman–Crippen LogP) is 1.69. The molecule has 0 aliphatic carbocycles.